The molecule has 6 nitrogen and oxygen atoms in total. The van der Waals surface area contributed by atoms with E-state index in [0.717, 1.165) is 5.56 Å². The Labute approximate surface area is 156 Å². The summed E-state index contributed by atoms with van der Waals surface area (Å²) in [5.41, 5.74) is 1.30. The lowest BCUT2D eigenvalue weighted by atomic mass is 10.1. The highest BCUT2D eigenvalue weighted by Crippen LogP contribution is 2.32. The quantitative estimate of drug-likeness (QED) is 0.812. The summed E-state index contributed by atoms with van der Waals surface area (Å²) in [6, 6.07) is 12.0. The maximum Gasteiger partial charge on any atom is 0.311 e. The smallest absolute Gasteiger partial charge is 0.311 e. The van der Waals surface area contributed by atoms with E-state index in [0.29, 0.717) is 35.4 Å². The van der Waals surface area contributed by atoms with E-state index in [1.54, 1.807) is 42.5 Å². The molecule has 0 saturated carbocycles. The van der Waals surface area contributed by atoms with Crippen LogP contribution in [0, 0.1) is 0 Å². The van der Waals surface area contributed by atoms with Crippen molar-refractivity contribution in [1.82, 2.24) is 0 Å². The molecule has 3 rings (SSSR count). The Morgan fingerprint density at radius 2 is 1.81 bits per heavy atom. The van der Waals surface area contributed by atoms with Crippen molar-refractivity contribution in [2.75, 3.05) is 18.5 Å². The standard InChI is InChI=1S/C19H18ClNO5/c1-12(26-18(22)10-13-2-4-14(20)5-3-13)19(23)21-15-6-7-16-17(11-15)25-9-8-24-16/h2-7,11-12H,8-10H2,1H3,(H,21,23)/t12-/m0/s1. The summed E-state index contributed by atoms with van der Waals surface area (Å²) in [7, 11) is 0. The second-order valence-electron chi connectivity index (χ2n) is 5.78. The molecular formula is C19H18ClNO5. The molecule has 0 saturated heterocycles. The van der Waals surface area contributed by atoms with Gasteiger partial charge in [0.1, 0.15) is 13.2 Å². The number of benzene rings is 2. The Kier molecular flexibility index (Phi) is 5.63. The van der Waals surface area contributed by atoms with Gasteiger partial charge in [-0.25, -0.2) is 0 Å². The van der Waals surface area contributed by atoms with Crippen LogP contribution in [0.15, 0.2) is 42.5 Å². The summed E-state index contributed by atoms with van der Waals surface area (Å²) in [4.78, 5) is 24.2. The molecule has 2 aromatic carbocycles. The van der Waals surface area contributed by atoms with Crippen LogP contribution in [0.1, 0.15) is 12.5 Å². The summed E-state index contributed by atoms with van der Waals surface area (Å²) < 4.78 is 16.1. The number of rotatable bonds is 5. The summed E-state index contributed by atoms with van der Waals surface area (Å²) in [5.74, 6) is 0.293. The van der Waals surface area contributed by atoms with Crippen LogP contribution < -0.4 is 14.8 Å². The molecule has 1 atom stereocenters. The van der Waals surface area contributed by atoms with E-state index in [2.05, 4.69) is 5.32 Å². The summed E-state index contributed by atoms with van der Waals surface area (Å²) in [6.45, 7) is 2.48. The molecule has 1 N–H and O–H groups in total. The van der Waals surface area contributed by atoms with Gasteiger partial charge in [-0.15, -0.1) is 0 Å². The predicted octanol–water partition coefficient (Wildman–Crippen LogP) is 3.22. The summed E-state index contributed by atoms with van der Waals surface area (Å²) in [5, 5.41) is 3.29. The molecule has 0 spiro atoms. The van der Waals surface area contributed by atoms with Crippen LogP contribution in [-0.4, -0.2) is 31.2 Å². The number of hydrogen-bond donors (Lipinski definition) is 1. The molecule has 2 aromatic rings. The molecule has 0 aliphatic carbocycles. The van der Waals surface area contributed by atoms with Gasteiger partial charge in [0.05, 0.1) is 6.42 Å². The van der Waals surface area contributed by atoms with Crippen LogP contribution in [0.25, 0.3) is 0 Å². The van der Waals surface area contributed by atoms with Crippen molar-refractivity contribution in [3.8, 4) is 11.5 Å². The first-order valence-electron chi connectivity index (χ1n) is 8.16. The zero-order chi connectivity index (χ0) is 18.5. The van der Waals surface area contributed by atoms with Crippen LogP contribution >= 0.6 is 11.6 Å². The minimum absolute atomic E-state index is 0.0683. The van der Waals surface area contributed by atoms with Crippen LogP contribution in [0.3, 0.4) is 0 Å². The maximum absolute atomic E-state index is 12.2. The largest absolute Gasteiger partial charge is 0.486 e. The first kappa shape index (κ1) is 18.1. The zero-order valence-electron chi connectivity index (χ0n) is 14.2. The highest BCUT2D eigenvalue weighted by Gasteiger charge is 2.19. The van der Waals surface area contributed by atoms with Crippen molar-refractivity contribution >= 4 is 29.2 Å². The minimum Gasteiger partial charge on any atom is -0.486 e. The second-order valence-corrected chi connectivity index (χ2v) is 6.22. The fraction of sp³-hybridized carbons (Fsp3) is 0.263. The highest BCUT2D eigenvalue weighted by molar-refractivity contribution is 6.30. The van der Waals surface area contributed by atoms with Gasteiger partial charge in [0, 0.05) is 16.8 Å². The van der Waals surface area contributed by atoms with Crippen molar-refractivity contribution in [3.05, 3.63) is 53.1 Å². The van der Waals surface area contributed by atoms with Gasteiger partial charge >= 0.3 is 5.97 Å². The highest BCUT2D eigenvalue weighted by atomic mass is 35.5. The van der Waals surface area contributed by atoms with Gasteiger partial charge in [-0.2, -0.15) is 0 Å². The van der Waals surface area contributed by atoms with Gasteiger partial charge in [-0.05, 0) is 36.8 Å². The number of hydrogen-bond acceptors (Lipinski definition) is 5. The molecule has 0 aromatic heterocycles. The number of esters is 1. The number of carbonyl (C=O) groups is 2. The van der Waals surface area contributed by atoms with E-state index in [1.165, 1.54) is 6.92 Å². The Hall–Kier alpha value is -2.73. The van der Waals surface area contributed by atoms with Crippen molar-refractivity contribution in [1.29, 1.82) is 0 Å². The van der Waals surface area contributed by atoms with E-state index in [-0.39, 0.29) is 6.42 Å². The van der Waals surface area contributed by atoms with E-state index < -0.39 is 18.0 Å². The second kappa shape index (κ2) is 8.10. The molecular weight excluding hydrogens is 358 g/mol. The summed E-state index contributed by atoms with van der Waals surface area (Å²) in [6.07, 6.45) is -0.860. The van der Waals surface area contributed by atoms with Gasteiger partial charge in [0.15, 0.2) is 17.6 Å². The Morgan fingerprint density at radius 1 is 1.12 bits per heavy atom. The first-order valence-corrected chi connectivity index (χ1v) is 8.53. The van der Waals surface area contributed by atoms with E-state index in [4.69, 9.17) is 25.8 Å². The average molecular weight is 376 g/mol. The van der Waals surface area contributed by atoms with Crippen LogP contribution in [0.2, 0.25) is 5.02 Å². The molecule has 7 heteroatoms. The number of amides is 1. The van der Waals surface area contributed by atoms with Gasteiger partial charge in [-0.3, -0.25) is 9.59 Å². The summed E-state index contributed by atoms with van der Waals surface area (Å²) >= 11 is 5.81. The number of ether oxygens (including phenoxy) is 3. The number of anilines is 1. The Bertz CT molecular complexity index is 806. The van der Waals surface area contributed by atoms with E-state index in [1.807, 2.05) is 0 Å². The van der Waals surface area contributed by atoms with Gasteiger partial charge in [0.2, 0.25) is 0 Å². The van der Waals surface area contributed by atoms with E-state index in [9.17, 15) is 9.59 Å². The molecule has 136 valence electrons. The first-order chi connectivity index (χ1) is 12.5. The Morgan fingerprint density at radius 3 is 2.54 bits per heavy atom. The van der Waals surface area contributed by atoms with Crippen LogP contribution in [0.5, 0.6) is 11.5 Å². The molecule has 1 aliphatic rings. The lowest BCUT2D eigenvalue weighted by Crippen LogP contribution is -2.30. The van der Waals surface area contributed by atoms with Gasteiger partial charge in [-0.1, -0.05) is 23.7 Å². The molecule has 0 bridgehead atoms. The molecule has 0 fully saturated rings. The predicted molar refractivity (Wildman–Crippen MR) is 96.8 cm³/mol. The third kappa shape index (κ3) is 4.67. The van der Waals surface area contributed by atoms with Crippen molar-refractivity contribution in [2.24, 2.45) is 0 Å². The molecule has 0 radical (unpaired) electrons. The van der Waals surface area contributed by atoms with Crippen molar-refractivity contribution < 1.29 is 23.8 Å². The molecule has 1 aliphatic heterocycles. The van der Waals surface area contributed by atoms with Gasteiger partial charge < -0.3 is 19.5 Å². The number of halogens is 1. The Balaban J connectivity index is 1.54. The molecule has 1 heterocycles. The fourth-order valence-corrected chi connectivity index (χ4v) is 2.55. The third-order valence-corrected chi connectivity index (χ3v) is 4.00. The zero-order valence-corrected chi connectivity index (χ0v) is 14.9. The maximum atomic E-state index is 12.2. The molecule has 26 heavy (non-hydrogen) atoms. The van der Waals surface area contributed by atoms with E-state index >= 15 is 0 Å². The number of carbonyl (C=O) groups excluding carboxylic acids is 2. The normalized spacial score (nSPS) is 13.6. The van der Waals surface area contributed by atoms with Crippen molar-refractivity contribution in [3.63, 3.8) is 0 Å². The molecule has 1 amide bonds. The van der Waals surface area contributed by atoms with Crippen LogP contribution in [-0.2, 0) is 20.7 Å². The van der Waals surface area contributed by atoms with Gasteiger partial charge in [0.25, 0.3) is 5.91 Å². The minimum atomic E-state index is -0.928. The van der Waals surface area contributed by atoms with Crippen molar-refractivity contribution in [2.45, 2.75) is 19.4 Å². The monoisotopic (exact) mass is 375 g/mol. The molecule has 0 unspecified atom stereocenters. The number of nitrogens with one attached hydrogen (secondary N) is 1. The number of fused-ring (bicyclic) bond motifs is 1. The SMILES string of the molecule is C[C@H](OC(=O)Cc1ccc(Cl)cc1)C(=O)Nc1ccc2c(c1)OCCO2. The lowest BCUT2D eigenvalue weighted by Gasteiger charge is -2.19. The third-order valence-electron chi connectivity index (χ3n) is 3.75. The topological polar surface area (TPSA) is 73.9 Å². The van der Waals surface area contributed by atoms with Crippen LogP contribution in [0.4, 0.5) is 5.69 Å². The fourth-order valence-electron chi connectivity index (χ4n) is 2.43. The lowest BCUT2D eigenvalue weighted by molar-refractivity contribution is -0.152. The average Bonchev–Trinajstić information content (AvgIpc) is 2.63.